The minimum absolute atomic E-state index is 0.636. The van der Waals surface area contributed by atoms with Gasteiger partial charge in [-0.2, -0.15) is 0 Å². The predicted octanol–water partition coefficient (Wildman–Crippen LogP) is 8.12. The average Bonchev–Trinajstić information content (AvgIpc) is 3.24. The lowest BCUT2D eigenvalue weighted by Gasteiger charge is -2.09. The van der Waals surface area contributed by atoms with Crippen LogP contribution in [-0.2, 0) is 0 Å². The predicted molar refractivity (Wildman–Crippen MR) is 125 cm³/mol. The Morgan fingerprint density at radius 2 is 1.40 bits per heavy atom. The summed E-state index contributed by atoms with van der Waals surface area (Å²) >= 11 is 6.47. The Kier molecular flexibility index (Phi) is 3.87. The molecule has 0 radical (unpaired) electrons. The van der Waals surface area contributed by atoms with Gasteiger partial charge in [-0.15, -0.1) is 0 Å². The zero-order chi connectivity index (χ0) is 20.1. The van der Waals surface area contributed by atoms with Crippen molar-refractivity contribution < 1.29 is 4.42 Å². The molecule has 1 aromatic heterocycles. The van der Waals surface area contributed by atoms with E-state index in [1.54, 1.807) is 0 Å². The molecule has 0 aliphatic rings. The maximum atomic E-state index is 6.47. The Morgan fingerprint density at radius 3 is 2.27 bits per heavy atom. The van der Waals surface area contributed by atoms with Gasteiger partial charge in [0.25, 0.3) is 0 Å². The van der Waals surface area contributed by atoms with Crippen LogP contribution in [0.5, 0.6) is 0 Å². The van der Waals surface area contributed by atoms with Crippen molar-refractivity contribution in [3.8, 4) is 22.6 Å². The summed E-state index contributed by atoms with van der Waals surface area (Å²) in [6, 6.07) is 32.8. The normalized spacial score (nSPS) is 11.5. The van der Waals surface area contributed by atoms with Gasteiger partial charge in [0.2, 0.25) is 5.89 Å². The van der Waals surface area contributed by atoms with Crippen LogP contribution in [0.25, 0.3) is 55.2 Å². The smallest absolute Gasteiger partial charge is 0.227 e. The van der Waals surface area contributed by atoms with E-state index < -0.39 is 0 Å². The molecule has 3 heteroatoms. The number of fused-ring (bicyclic) bond motifs is 5. The molecular weight excluding hydrogens is 390 g/mol. The van der Waals surface area contributed by atoms with Crippen LogP contribution in [0.2, 0.25) is 5.02 Å². The molecule has 0 atom stereocenters. The summed E-state index contributed by atoms with van der Waals surface area (Å²) in [5.41, 5.74) is 4.75. The van der Waals surface area contributed by atoms with Crippen LogP contribution >= 0.6 is 11.6 Å². The molecule has 30 heavy (non-hydrogen) atoms. The number of rotatable bonds is 2. The highest BCUT2D eigenvalue weighted by molar-refractivity contribution is 6.33. The Bertz CT molecular complexity index is 1550. The third-order valence-corrected chi connectivity index (χ3v) is 5.89. The van der Waals surface area contributed by atoms with E-state index in [2.05, 4.69) is 36.4 Å². The average molecular weight is 406 g/mol. The van der Waals surface area contributed by atoms with Crippen LogP contribution in [0.15, 0.2) is 101 Å². The van der Waals surface area contributed by atoms with Gasteiger partial charge in [0.1, 0.15) is 5.52 Å². The highest BCUT2D eigenvalue weighted by Crippen LogP contribution is 2.37. The van der Waals surface area contributed by atoms with Crippen molar-refractivity contribution in [3.05, 3.63) is 102 Å². The van der Waals surface area contributed by atoms with E-state index in [1.807, 2.05) is 60.7 Å². The first-order chi connectivity index (χ1) is 14.8. The summed E-state index contributed by atoms with van der Waals surface area (Å²) in [7, 11) is 0. The fourth-order valence-electron chi connectivity index (χ4n) is 4.09. The highest BCUT2D eigenvalue weighted by atomic mass is 35.5. The minimum atomic E-state index is 0.636. The van der Waals surface area contributed by atoms with E-state index in [0.717, 1.165) is 54.4 Å². The van der Waals surface area contributed by atoms with Crippen LogP contribution < -0.4 is 0 Å². The zero-order valence-electron chi connectivity index (χ0n) is 16.0. The lowest BCUT2D eigenvalue weighted by atomic mass is 9.96. The molecule has 0 saturated carbocycles. The van der Waals surface area contributed by atoms with Crippen LogP contribution in [0, 0.1) is 0 Å². The van der Waals surface area contributed by atoms with Gasteiger partial charge in [-0.3, -0.25) is 0 Å². The molecule has 0 saturated heterocycles. The largest absolute Gasteiger partial charge is 0.435 e. The maximum Gasteiger partial charge on any atom is 0.227 e. The van der Waals surface area contributed by atoms with Crippen LogP contribution in [0.4, 0.5) is 0 Å². The van der Waals surface area contributed by atoms with Gasteiger partial charge in [0.05, 0.1) is 0 Å². The van der Waals surface area contributed by atoms with Gasteiger partial charge in [-0.25, -0.2) is 4.98 Å². The monoisotopic (exact) mass is 405 g/mol. The molecule has 5 aromatic carbocycles. The van der Waals surface area contributed by atoms with Crippen LogP contribution in [0.3, 0.4) is 0 Å². The van der Waals surface area contributed by atoms with Crippen LogP contribution in [-0.4, -0.2) is 4.98 Å². The van der Waals surface area contributed by atoms with E-state index >= 15 is 0 Å². The first-order valence-corrected chi connectivity index (χ1v) is 10.2. The summed E-state index contributed by atoms with van der Waals surface area (Å²) in [6.07, 6.45) is 0. The van der Waals surface area contributed by atoms with Crippen molar-refractivity contribution in [2.24, 2.45) is 0 Å². The molecule has 0 bridgehead atoms. The maximum absolute atomic E-state index is 6.47. The molecule has 1 heterocycles. The van der Waals surface area contributed by atoms with Crippen LogP contribution in [0.1, 0.15) is 0 Å². The Morgan fingerprint density at radius 1 is 0.667 bits per heavy atom. The van der Waals surface area contributed by atoms with Gasteiger partial charge in [-0.1, -0.05) is 78.3 Å². The fourth-order valence-corrected chi connectivity index (χ4v) is 4.33. The molecular formula is C27H16ClNO. The third-order valence-electron chi connectivity index (χ3n) is 5.56. The summed E-state index contributed by atoms with van der Waals surface area (Å²) in [4.78, 5) is 4.75. The highest BCUT2D eigenvalue weighted by Gasteiger charge is 2.14. The molecule has 0 spiro atoms. The number of benzene rings is 5. The standard InChI is InChI=1S/C27H16ClNO/c28-23-9-5-4-8-21(23)20-13-11-17-10-12-18-14-15-24-26(25(18)22(17)16-20)30-27(29-24)19-6-2-1-3-7-19/h1-16H. The minimum Gasteiger partial charge on any atom is -0.435 e. The van der Waals surface area contributed by atoms with Gasteiger partial charge in [-0.05, 0) is 52.1 Å². The Labute approximate surface area is 178 Å². The zero-order valence-corrected chi connectivity index (χ0v) is 16.7. The van der Waals surface area contributed by atoms with E-state index in [4.69, 9.17) is 21.0 Å². The first kappa shape index (κ1) is 17.3. The molecule has 0 aliphatic heterocycles. The summed E-state index contributed by atoms with van der Waals surface area (Å²) in [6.45, 7) is 0. The summed E-state index contributed by atoms with van der Waals surface area (Å²) in [5.74, 6) is 0.636. The first-order valence-electron chi connectivity index (χ1n) is 9.84. The van der Waals surface area contributed by atoms with Crippen molar-refractivity contribution in [1.82, 2.24) is 4.98 Å². The summed E-state index contributed by atoms with van der Waals surface area (Å²) < 4.78 is 6.31. The lowest BCUT2D eigenvalue weighted by molar-refractivity contribution is 0.623. The van der Waals surface area contributed by atoms with E-state index in [1.165, 1.54) is 0 Å². The van der Waals surface area contributed by atoms with Crippen molar-refractivity contribution in [2.75, 3.05) is 0 Å². The quantitative estimate of drug-likeness (QED) is 0.272. The van der Waals surface area contributed by atoms with Gasteiger partial charge >= 0.3 is 0 Å². The number of halogens is 1. The SMILES string of the molecule is Clc1ccccc1-c1ccc2ccc3ccc4nc(-c5ccccc5)oc4c3c2c1. The van der Waals surface area contributed by atoms with E-state index in [-0.39, 0.29) is 0 Å². The molecule has 0 N–H and O–H groups in total. The number of nitrogens with zero attached hydrogens (tertiary/aromatic N) is 1. The molecule has 142 valence electrons. The molecule has 0 aliphatic carbocycles. The number of aromatic nitrogens is 1. The number of oxazole rings is 1. The Hall–Kier alpha value is -3.62. The lowest BCUT2D eigenvalue weighted by Crippen LogP contribution is -1.83. The van der Waals surface area contributed by atoms with Gasteiger partial charge in [0, 0.05) is 21.5 Å². The third kappa shape index (κ3) is 2.69. The molecule has 0 unspecified atom stereocenters. The molecule has 2 nitrogen and oxygen atoms in total. The number of hydrogen-bond donors (Lipinski definition) is 0. The topological polar surface area (TPSA) is 26.0 Å². The summed E-state index contributed by atoms with van der Waals surface area (Å²) in [5, 5.41) is 5.23. The second-order valence-electron chi connectivity index (χ2n) is 7.38. The Balaban J connectivity index is 1.67. The van der Waals surface area contributed by atoms with E-state index in [0.29, 0.717) is 5.89 Å². The van der Waals surface area contributed by atoms with Crippen molar-refractivity contribution >= 4 is 44.2 Å². The molecule has 6 aromatic rings. The van der Waals surface area contributed by atoms with Gasteiger partial charge in [0.15, 0.2) is 5.58 Å². The second kappa shape index (κ2) is 6.72. The van der Waals surface area contributed by atoms with E-state index in [9.17, 15) is 0 Å². The molecule has 6 rings (SSSR count). The molecule has 0 fully saturated rings. The van der Waals surface area contributed by atoms with Gasteiger partial charge < -0.3 is 4.42 Å². The second-order valence-corrected chi connectivity index (χ2v) is 7.79. The molecule has 0 amide bonds. The number of hydrogen-bond acceptors (Lipinski definition) is 2. The fraction of sp³-hybridized carbons (Fsp3) is 0. The van der Waals surface area contributed by atoms with Crippen molar-refractivity contribution in [2.45, 2.75) is 0 Å². The van der Waals surface area contributed by atoms with Crippen molar-refractivity contribution in [1.29, 1.82) is 0 Å². The van der Waals surface area contributed by atoms with Crippen molar-refractivity contribution in [3.63, 3.8) is 0 Å².